The van der Waals surface area contributed by atoms with Crippen LogP contribution in [0.4, 0.5) is 17.1 Å². The number of hydrogen-bond acceptors (Lipinski definition) is 3. The maximum atomic E-state index is 2.43. The molecule has 0 spiro atoms. The molecular weight excluding hydrogens is 631 g/mol. The zero-order chi connectivity index (χ0) is 32.3. The van der Waals surface area contributed by atoms with Gasteiger partial charge in [-0.3, -0.25) is 0 Å². The van der Waals surface area contributed by atoms with Gasteiger partial charge in [0.2, 0.25) is 0 Å². The van der Waals surface area contributed by atoms with Gasteiger partial charge in [-0.15, -0.1) is 22.7 Å². The molecule has 8 aromatic carbocycles. The van der Waals surface area contributed by atoms with Crippen LogP contribution in [0.1, 0.15) is 0 Å². The topological polar surface area (TPSA) is 3.24 Å². The molecule has 230 valence electrons. The van der Waals surface area contributed by atoms with Crippen molar-refractivity contribution in [3.63, 3.8) is 0 Å². The Kier molecular flexibility index (Phi) is 6.61. The van der Waals surface area contributed by atoms with Gasteiger partial charge < -0.3 is 4.90 Å². The Morgan fingerprint density at radius 1 is 0.327 bits per heavy atom. The van der Waals surface area contributed by atoms with Crippen LogP contribution in [0.3, 0.4) is 0 Å². The maximum absolute atomic E-state index is 2.43. The summed E-state index contributed by atoms with van der Waals surface area (Å²) < 4.78 is 5.25. The first-order valence-electron chi connectivity index (χ1n) is 16.6. The number of thiophene rings is 2. The highest BCUT2D eigenvalue weighted by molar-refractivity contribution is 7.26. The van der Waals surface area contributed by atoms with E-state index in [9.17, 15) is 0 Å². The monoisotopic (exact) mass is 659 g/mol. The van der Waals surface area contributed by atoms with Crippen molar-refractivity contribution >= 4 is 90.9 Å². The molecule has 1 nitrogen and oxygen atoms in total. The van der Waals surface area contributed by atoms with Crippen molar-refractivity contribution in [1.82, 2.24) is 0 Å². The van der Waals surface area contributed by atoms with E-state index in [0.29, 0.717) is 0 Å². The Bertz CT molecular complexity index is 2830. The molecule has 0 N–H and O–H groups in total. The quantitative estimate of drug-likeness (QED) is 0.178. The summed E-state index contributed by atoms with van der Waals surface area (Å²) in [6.07, 6.45) is 0. The van der Waals surface area contributed by atoms with E-state index in [2.05, 4.69) is 181 Å². The zero-order valence-electron chi connectivity index (χ0n) is 26.5. The van der Waals surface area contributed by atoms with Crippen LogP contribution >= 0.6 is 22.7 Å². The molecule has 0 bridgehead atoms. The van der Waals surface area contributed by atoms with Crippen LogP contribution in [-0.4, -0.2) is 0 Å². The van der Waals surface area contributed by atoms with Gasteiger partial charge >= 0.3 is 0 Å². The van der Waals surface area contributed by atoms with E-state index in [1.165, 1.54) is 73.4 Å². The minimum Gasteiger partial charge on any atom is -0.310 e. The average molecular weight is 660 g/mol. The van der Waals surface area contributed by atoms with E-state index in [1.54, 1.807) is 0 Å². The number of anilines is 3. The third-order valence-electron chi connectivity index (χ3n) is 9.68. The van der Waals surface area contributed by atoms with Crippen molar-refractivity contribution in [2.75, 3.05) is 4.90 Å². The number of fused-ring (bicyclic) bond motifs is 7. The summed E-state index contributed by atoms with van der Waals surface area (Å²) in [5.41, 5.74) is 8.31. The molecule has 49 heavy (non-hydrogen) atoms. The van der Waals surface area contributed by atoms with E-state index < -0.39 is 0 Å². The van der Waals surface area contributed by atoms with Gasteiger partial charge in [0, 0.05) is 57.3 Å². The Balaban J connectivity index is 1.15. The normalized spacial score (nSPS) is 11.7. The van der Waals surface area contributed by atoms with Gasteiger partial charge in [-0.1, -0.05) is 127 Å². The van der Waals surface area contributed by atoms with Crippen LogP contribution in [0.2, 0.25) is 0 Å². The number of para-hydroxylation sites is 1. The third kappa shape index (κ3) is 4.74. The molecule has 10 aromatic rings. The molecule has 2 aromatic heterocycles. The number of benzene rings is 8. The molecule has 0 radical (unpaired) electrons. The Morgan fingerprint density at radius 3 is 1.63 bits per heavy atom. The van der Waals surface area contributed by atoms with Gasteiger partial charge in [0.25, 0.3) is 0 Å². The molecule has 0 saturated heterocycles. The van der Waals surface area contributed by atoms with Crippen molar-refractivity contribution in [1.29, 1.82) is 0 Å². The second kappa shape index (κ2) is 11.5. The summed E-state index contributed by atoms with van der Waals surface area (Å²) in [4.78, 5) is 2.43. The van der Waals surface area contributed by atoms with Gasteiger partial charge in [0.1, 0.15) is 0 Å². The van der Waals surface area contributed by atoms with Crippen LogP contribution < -0.4 is 4.90 Å². The van der Waals surface area contributed by atoms with E-state index in [4.69, 9.17) is 0 Å². The van der Waals surface area contributed by atoms with Crippen molar-refractivity contribution in [3.05, 3.63) is 176 Å². The first-order chi connectivity index (χ1) is 24.3. The lowest BCUT2D eigenvalue weighted by atomic mass is 9.97. The fourth-order valence-electron chi connectivity index (χ4n) is 7.35. The molecule has 10 rings (SSSR count). The maximum Gasteiger partial charge on any atom is 0.0540 e. The number of rotatable bonds is 5. The fraction of sp³-hybridized carbons (Fsp3) is 0. The first-order valence-corrected chi connectivity index (χ1v) is 18.2. The lowest BCUT2D eigenvalue weighted by molar-refractivity contribution is 1.29. The predicted molar refractivity (Wildman–Crippen MR) is 215 cm³/mol. The van der Waals surface area contributed by atoms with Crippen LogP contribution in [0.15, 0.2) is 176 Å². The Morgan fingerprint density at radius 2 is 0.857 bits per heavy atom. The highest BCUT2D eigenvalue weighted by Crippen LogP contribution is 2.45. The molecule has 0 aliphatic carbocycles. The highest BCUT2D eigenvalue weighted by Gasteiger charge is 2.19. The predicted octanol–water partition coefficient (Wildman–Crippen LogP) is 14.4. The van der Waals surface area contributed by atoms with Gasteiger partial charge in [0.15, 0.2) is 0 Å². The number of nitrogens with zero attached hydrogens (tertiary/aromatic N) is 1. The second-order valence-electron chi connectivity index (χ2n) is 12.5. The molecule has 0 aliphatic heterocycles. The van der Waals surface area contributed by atoms with Crippen LogP contribution in [0, 0.1) is 0 Å². The molecule has 2 heterocycles. The summed E-state index contributed by atoms with van der Waals surface area (Å²) in [6, 6.07) is 64.5. The highest BCUT2D eigenvalue weighted by atomic mass is 32.1. The van der Waals surface area contributed by atoms with Crippen LogP contribution in [-0.2, 0) is 0 Å². The van der Waals surface area contributed by atoms with Crippen LogP contribution in [0.5, 0.6) is 0 Å². The van der Waals surface area contributed by atoms with Gasteiger partial charge in [0.05, 0.1) is 5.69 Å². The molecular formula is C46H29NS2. The molecule has 0 fully saturated rings. The van der Waals surface area contributed by atoms with Crippen molar-refractivity contribution in [2.24, 2.45) is 0 Å². The Labute approximate surface area is 292 Å². The lowest BCUT2D eigenvalue weighted by Crippen LogP contribution is -2.11. The van der Waals surface area contributed by atoms with Gasteiger partial charge in [-0.2, -0.15) is 0 Å². The van der Waals surface area contributed by atoms with Crippen LogP contribution in [0.25, 0.3) is 73.4 Å². The molecule has 0 aliphatic rings. The summed E-state index contributed by atoms with van der Waals surface area (Å²) in [5, 5.41) is 7.79. The zero-order valence-corrected chi connectivity index (χ0v) is 28.1. The van der Waals surface area contributed by atoms with Gasteiger partial charge in [-0.05, 0) is 76.0 Å². The SMILES string of the molecule is c1ccc(N(c2ccc(-c3cccc4ccccc34)cc2)c2ccc3c(c2)sc2ccccc23)c(-c2ccc3c(c2)sc2ccccc23)c1. The Hall–Kier alpha value is -5.74. The van der Waals surface area contributed by atoms with E-state index in [1.807, 2.05) is 22.7 Å². The van der Waals surface area contributed by atoms with E-state index in [0.717, 1.165) is 17.1 Å². The second-order valence-corrected chi connectivity index (χ2v) is 14.7. The van der Waals surface area contributed by atoms with E-state index in [-0.39, 0.29) is 0 Å². The third-order valence-corrected chi connectivity index (χ3v) is 11.9. The van der Waals surface area contributed by atoms with Gasteiger partial charge in [-0.25, -0.2) is 0 Å². The van der Waals surface area contributed by atoms with Crippen molar-refractivity contribution in [2.45, 2.75) is 0 Å². The smallest absolute Gasteiger partial charge is 0.0540 e. The summed E-state index contributed by atoms with van der Waals surface area (Å²) in [6.45, 7) is 0. The van der Waals surface area contributed by atoms with Crippen molar-refractivity contribution in [3.8, 4) is 22.3 Å². The minimum absolute atomic E-state index is 1.12. The minimum atomic E-state index is 1.12. The van der Waals surface area contributed by atoms with E-state index >= 15 is 0 Å². The molecule has 0 atom stereocenters. The standard InChI is InChI=1S/C46H29NS2/c1-2-12-35-30(10-1)11-9-16-36(35)31-20-23-33(24-21-31)47(34-25-27-41-39-15-5-8-19-44(39)49-46(41)29-34)42-17-6-3-13-37(42)32-22-26-40-38-14-4-7-18-43(38)48-45(40)28-32/h1-29H. The fourth-order valence-corrected chi connectivity index (χ4v) is 9.64. The molecule has 0 unspecified atom stereocenters. The molecule has 3 heteroatoms. The average Bonchev–Trinajstić information content (AvgIpc) is 3.73. The van der Waals surface area contributed by atoms with Crippen molar-refractivity contribution < 1.29 is 0 Å². The molecule has 0 amide bonds. The lowest BCUT2D eigenvalue weighted by Gasteiger charge is -2.28. The summed E-state index contributed by atoms with van der Waals surface area (Å²) >= 11 is 3.73. The largest absolute Gasteiger partial charge is 0.310 e. The number of hydrogen-bond donors (Lipinski definition) is 0. The summed E-state index contributed by atoms with van der Waals surface area (Å²) in [7, 11) is 0. The summed E-state index contributed by atoms with van der Waals surface area (Å²) in [5.74, 6) is 0. The first kappa shape index (κ1) is 28.3. The molecule has 0 saturated carbocycles.